The zero-order chi connectivity index (χ0) is 13.0. The quantitative estimate of drug-likeness (QED) is 0.935. The first-order valence-corrected chi connectivity index (χ1v) is 7.70. The number of ether oxygens (including phenoxy) is 1. The summed E-state index contributed by atoms with van der Waals surface area (Å²) >= 11 is 1.79. The molecule has 0 spiro atoms. The van der Waals surface area contributed by atoms with Crippen LogP contribution in [0, 0.1) is 5.92 Å². The van der Waals surface area contributed by atoms with E-state index >= 15 is 0 Å². The maximum Gasteiger partial charge on any atom is 0.161 e. The van der Waals surface area contributed by atoms with Gasteiger partial charge in [-0.2, -0.15) is 0 Å². The Balaban J connectivity index is 1.86. The van der Waals surface area contributed by atoms with Gasteiger partial charge in [0, 0.05) is 12.0 Å². The van der Waals surface area contributed by atoms with Gasteiger partial charge in [0.2, 0.25) is 0 Å². The normalized spacial score (nSPS) is 19.8. The van der Waals surface area contributed by atoms with E-state index in [0.717, 1.165) is 22.5 Å². The lowest BCUT2D eigenvalue weighted by molar-refractivity contribution is 0.0777. The van der Waals surface area contributed by atoms with Crippen LogP contribution in [0.15, 0.2) is 0 Å². The van der Waals surface area contributed by atoms with E-state index in [9.17, 15) is 0 Å². The van der Waals surface area contributed by atoms with Gasteiger partial charge in [0.15, 0.2) is 5.82 Å². The van der Waals surface area contributed by atoms with Gasteiger partial charge in [-0.3, -0.25) is 0 Å². The minimum absolute atomic E-state index is 0.0173. The minimum Gasteiger partial charge on any atom is -0.383 e. The van der Waals surface area contributed by atoms with Crippen LogP contribution >= 0.6 is 11.3 Å². The monoisotopic (exact) mass is 275 g/mol. The molecule has 0 amide bonds. The Morgan fingerprint density at radius 1 is 1.32 bits per heavy atom. The summed E-state index contributed by atoms with van der Waals surface area (Å²) in [5, 5.41) is 1.10. The first-order valence-electron chi connectivity index (χ1n) is 6.88. The number of hydrogen-bond donors (Lipinski definition) is 1. The number of nitrogens with zero attached hydrogens (tertiary/aromatic N) is 2. The molecule has 2 aliphatic rings. The van der Waals surface area contributed by atoms with Crippen LogP contribution in [0.25, 0.3) is 10.2 Å². The molecule has 1 saturated carbocycles. The lowest BCUT2D eigenvalue weighted by Gasteiger charge is -2.13. The number of aromatic nitrogens is 2. The predicted octanol–water partition coefficient (Wildman–Crippen LogP) is 2.86. The number of rotatable bonds is 3. The Kier molecular flexibility index (Phi) is 2.53. The molecule has 0 bridgehead atoms. The van der Waals surface area contributed by atoms with E-state index in [-0.39, 0.29) is 6.10 Å². The van der Waals surface area contributed by atoms with Crippen LogP contribution in [0.2, 0.25) is 0 Å². The van der Waals surface area contributed by atoms with Gasteiger partial charge in [-0.1, -0.05) is 0 Å². The molecule has 0 saturated heterocycles. The molecule has 2 aromatic rings. The van der Waals surface area contributed by atoms with Crippen molar-refractivity contribution in [1.29, 1.82) is 0 Å². The molecule has 1 atom stereocenters. The molecule has 19 heavy (non-hydrogen) atoms. The molecule has 0 aliphatic heterocycles. The molecule has 1 fully saturated rings. The fourth-order valence-corrected chi connectivity index (χ4v) is 4.35. The topological polar surface area (TPSA) is 61.0 Å². The largest absolute Gasteiger partial charge is 0.383 e. The number of anilines is 1. The van der Waals surface area contributed by atoms with Crippen molar-refractivity contribution in [1.82, 2.24) is 9.97 Å². The molecule has 2 aliphatic carbocycles. The second kappa shape index (κ2) is 4.15. The van der Waals surface area contributed by atoms with E-state index in [4.69, 9.17) is 15.5 Å². The Morgan fingerprint density at radius 3 is 2.89 bits per heavy atom. The average Bonchev–Trinajstić information content (AvgIpc) is 2.99. The highest BCUT2D eigenvalue weighted by molar-refractivity contribution is 7.19. The van der Waals surface area contributed by atoms with Gasteiger partial charge in [-0.15, -0.1) is 11.3 Å². The molecule has 100 valence electrons. The maximum absolute atomic E-state index is 6.19. The van der Waals surface area contributed by atoms with E-state index in [1.807, 2.05) is 0 Å². The van der Waals surface area contributed by atoms with Crippen molar-refractivity contribution < 1.29 is 4.74 Å². The van der Waals surface area contributed by atoms with Gasteiger partial charge >= 0.3 is 0 Å². The molecule has 2 heterocycles. The van der Waals surface area contributed by atoms with Crippen molar-refractivity contribution in [2.45, 2.75) is 38.2 Å². The number of nitrogens with two attached hydrogens (primary N) is 1. The van der Waals surface area contributed by atoms with E-state index in [2.05, 4.69) is 4.98 Å². The molecular weight excluding hydrogens is 258 g/mol. The van der Waals surface area contributed by atoms with E-state index in [1.54, 1.807) is 18.4 Å². The summed E-state index contributed by atoms with van der Waals surface area (Å²) < 4.78 is 5.57. The van der Waals surface area contributed by atoms with Crippen LogP contribution in [-0.4, -0.2) is 17.1 Å². The fourth-order valence-electron chi connectivity index (χ4n) is 3.08. The Hall–Kier alpha value is -1.20. The first kappa shape index (κ1) is 11.6. The van der Waals surface area contributed by atoms with Gasteiger partial charge in [0.05, 0.1) is 5.39 Å². The molecule has 4 rings (SSSR count). The smallest absolute Gasteiger partial charge is 0.161 e. The molecule has 0 aromatic carbocycles. The summed E-state index contributed by atoms with van der Waals surface area (Å²) in [4.78, 5) is 11.8. The summed E-state index contributed by atoms with van der Waals surface area (Å²) in [7, 11) is 1.74. The fraction of sp³-hybridized carbons (Fsp3) is 0.571. The van der Waals surface area contributed by atoms with E-state index in [1.165, 1.54) is 36.1 Å². The van der Waals surface area contributed by atoms with Crippen molar-refractivity contribution in [2.24, 2.45) is 5.92 Å². The SMILES string of the molecule is COC(c1nc(N)c2c3c(sc2n1)CCC3)C1CC1. The molecule has 2 aromatic heterocycles. The molecule has 4 nitrogen and oxygen atoms in total. The van der Waals surface area contributed by atoms with Gasteiger partial charge in [0.25, 0.3) is 0 Å². The predicted molar refractivity (Wildman–Crippen MR) is 76.3 cm³/mol. The Labute approximate surface area is 116 Å². The maximum atomic E-state index is 6.19. The average molecular weight is 275 g/mol. The summed E-state index contributed by atoms with van der Waals surface area (Å²) in [5.41, 5.74) is 7.58. The van der Waals surface area contributed by atoms with Crippen LogP contribution in [0.3, 0.4) is 0 Å². The summed E-state index contributed by atoms with van der Waals surface area (Å²) in [6.45, 7) is 0. The summed E-state index contributed by atoms with van der Waals surface area (Å²) in [5.74, 6) is 1.99. The molecule has 0 radical (unpaired) electrons. The highest BCUT2D eigenvalue weighted by atomic mass is 32.1. The second-order valence-electron chi connectivity index (χ2n) is 5.50. The van der Waals surface area contributed by atoms with Crippen LogP contribution in [0.4, 0.5) is 5.82 Å². The van der Waals surface area contributed by atoms with Crippen LogP contribution in [-0.2, 0) is 17.6 Å². The van der Waals surface area contributed by atoms with Crippen molar-refractivity contribution in [2.75, 3.05) is 12.8 Å². The zero-order valence-electron chi connectivity index (χ0n) is 11.0. The van der Waals surface area contributed by atoms with Crippen LogP contribution in [0.5, 0.6) is 0 Å². The van der Waals surface area contributed by atoms with E-state index in [0.29, 0.717) is 11.7 Å². The highest BCUT2D eigenvalue weighted by Crippen LogP contribution is 2.44. The van der Waals surface area contributed by atoms with Crippen molar-refractivity contribution in [3.63, 3.8) is 0 Å². The minimum atomic E-state index is 0.0173. The molecular formula is C14H17N3OS. The Morgan fingerprint density at radius 2 is 2.16 bits per heavy atom. The molecule has 2 N–H and O–H groups in total. The van der Waals surface area contributed by atoms with Gasteiger partial charge < -0.3 is 10.5 Å². The van der Waals surface area contributed by atoms with E-state index < -0.39 is 0 Å². The lowest BCUT2D eigenvalue weighted by atomic mass is 10.1. The van der Waals surface area contributed by atoms with Gasteiger partial charge in [-0.25, -0.2) is 9.97 Å². The third-order valence-corrected chi connectivity index (χ3v) is 5.35. The number of fused-ring (bicyclic) bond motifs is 3. The Bertz CT molecular complexity index is 648. The lowest BCUT2D eigenvalue weighted by Crippen LogP contribution is -2.10. The molecule has 1 unspecified atom stereocenters. The number of aryl methyl sites for hydroxylation is 2. The van der Waals surface area contributed by atoms with Crippen molar-refractivity contribution in [3.05, 3.63) is 16.3 Å². The van der Waals surface area contributed by atoms with Gasteiger partial charge in [0.1, 0.15) is 16.8 Å². The summed E-state index contributed by atoms with van der Waals surface area (Å²) in [6, 6.07) is 0. The zero-order valence-corrected chi connectivity index (χ0v) is 11.8. The second-order valence-corrected chi connectivity index (χ2v) is 6.58. The van der Waals surface area contributed by atoms with Crippen molar-refractivity contribution >= 4 is 27.4 Å². The number of hydrogen-bond acceptors (Lipinski definition) is 5. The number of nitrogen functional groups attached to an aromatic ring is 1. The summed E-state index contributed by atoms with van der Waals surface area (Å²) in [6.07, 6.45) is 5.96. The third-order valence-electron chi connectivity index (χ3n) is 4.17. The van der Waals surface area contributed by atoms with Crippen LogP contribution < -0.4 is 5.73 Å². The van der Waals surface area contributed by atoms with Gasteiger partial charge in [-0.05, 0) is 43.6 Å². The molecule has 5 heteroatoms. The van der Waals surface area contributed by atoms with Crippen molar-refractivity contribution in [3.8, 4) is 0 Å². The third kappa shape index (κ3) is 1.75. The highest BCUT2D eigenvalue weighted by Gasteiger charge is 2.35. The van der Waals surface area contributed by atoms with Crippen LogP contribution in [0.1, 0.15) is 41.6 Å². The number of thiophene rings is 1. The number of methoxy groups -OCH3 is 1. The standard InChI is InChI=1S/C14H17N3OS/c1-18-11(7-5-6-7)13-16-12(15)10-8-3-2-4-9(8)19-14(10)17-13/h7,11H,2-6H2,1H3,(H2,15,16,17). The first-order chi connectivity index (χ1) is 9.28.